The van der Waals surface area contributed by atoms with Gasteiger partial charge in [-0.1, -0.05) is 107 Å². The van der Waals surface area contributed by atoms with Gasteiger partial charge in [0, 0.05) is 38.9 Å². The normalized spacial score (nSPS) is 14.4. The molecule has 0 unspecified atom stereocenters. The third-order valence-electron chi connectivity index (χ3n) is 7.09. The van der Waals surface area contributed by atoms with Gasteiger partial charge in [0.15, 0.2) is 0 Å². The predicted octanol–water partition coefficient (Wildman–Crippen LogP) is 7.24. The third-order valence-corrected chi connectivity index (χ3v) is 7.85. The van der Waals surface area contributed by atoms with Gasteiger partial charge in [-0.15, -0.1) is 0 Å². The first-order valence-corrected chi connectivity index (χ1v) is 16.0. The van der Waals surface area contributed by atoms with Crippen molar-refractivity contribution >= 4 is 34.3 Å². The lowest BCUT2D eigenvalue weighted by Crippen LogP contribution is -2.46. The number of aromatic nitrogens is 1. The molecule has 1 aromatic rings. The first-order valence-electron chi connectivity index (χ1n) is 14.5. The number of piperazine rings is 1. The van der Waals surface area contributed by atoms with Crippen molar-refractivity contribution in [2.75, 3.05) is 48.6 Å². The number of unbranched alkanes of at least 4 members (excludes halogenated alkanes) is 13. The molecule has 35 heavy (non-hydrogen) atoms. The highest BCUT2D eigenvalue weighted by Gasteiger charge is 2.17. The summed E-state index contributed by atoms with van der Waals surface area (Å²) in [6, 6.07) is 3.92. The Morgan fingerprint density at radius 2 is 1.37 bits per heavy atom. The van der Waals surface area contributed by atoms with Gasteiger partial charge < -0.3 is 10.2 Å². The quantitative estimate of drug-likeness (QED) is 0.0977. The Morgan fingerprint density at radius 3 is 1.86 bits per heavy atom. The summed E-state index contributed by atoms with van der Waals surface area (Å²) in [6.45, 7) is 8.39. The summed E-state index contributed by atoms with van der Waals surface area (Å²) in [4.78, 5) is 21.8. The number of carbonyl (C=O) groups excluding carboxylic acids is 1. The number of halogens is 1. The van der Waals surface area contributed by atoms with E-state index in [1.54, 1.807) is 6.20 Å². The van der Waals surface area contributed by atoms with E-state index in [4.69, 9.17) is 0 Å². The number of amides is 1. The lowest BCUT2D eigenvalue weighted by atomic mass is 10.0. The average Bonchev–Trinajstić information content (AvgIpc) is 2.89. The van der Waals surface area contributed by atoms with E-state index in [0.717, 1.165) is 45.0 Å². The first-order chi connectivity index (χ1) is 17.2. The summed E-state index contributed by atoms with van der Waals surface area (Å²) in [6.07, 6.45) is 22.0. The molecular formula is C29H51IN4O. The van der Waals surface area contributed by atoms with Crippen molar-refractivity contribution in [2.45, 2.75) is 103 Å². The second kappa shape index (κ2) is 20.2. The highest BCUT2D eigenvalue weighted by molar-refractivity contribution is 14.1. The minimum absolute atomic E-state index is 0.00168. The zero-order chi connectivity index (χ0) is 25.0. The largest absolute Gasteiger partial charge is 0.354 e. The number of nitrogens with zero attached hydrogens (tertiary/aromatic N) is 3. The van der Waals surface area contributed by atoms with Gasteiger partial charge in [-0.25, -0.2) is 4.98 Å². The molecule has 5 nitrogen and oxygen atoms in total. The van der Waals surface area contributed by atoms with Crippen molar-refractivity contribution in [3.8, 4) is 0 Å². The minimum atomic E-state index is 0.00168. The molecule has 1 N–H and O–H groups in total. The summed E-state index contributed by atoms with van der Waals surface area (Å²) >= 11 is 2.48. The average molecular weight is 599 g/mol. The molecule has 1 aliphatic heterocycles. The molecule has 0 bridgehead atoms. The fraction of sp³-hybridized carbons (Fsp3) is 0.793. The second-order valence-electron chi connectivity index (χ2n) is 10.1. The second-order valence-corrected chi connectivity index (χ2v) is 11.2. The van der Waals surface area contributed by atoms with E-state index in [-0.39, 0.29) is 5.91 Å². The number of anilines is 1. The Hall–Kier alpha value is -0.890. The van der Waals surface area contributed by atoms with Crippen LogP contribution in [0.2, 0.25) is 0 Å². The topological polar surface area (TPSA) is 48.5 Å². The molecule has 0 atom stereocenters. The molecule has 0 spiro atoms. The molecule has 200 valence electrons. The lowest BCUT2D eigenvalue weighted by Gasteiger charge is -2.35. The van der Waals surface area contributed by atoms with Crippen molar-refractivity contribution in [1.29, 1.82) is 0 Å². The number of nitrogens with one attached hydrogen (secondary N) is 1. The van der Waals surface area contributed by atoms with Gasteiger partial charge in [-0.2, -0.15) is 0 Å². The van der Waals surface area contributed by atoms with Gasteiger partial charge in [-0.3, -0.25) is 9.69 Å². The molecule has 0 aliphatic carbocycles. The van der Waals surface area contributed by atoms with Crippen LogP contribution in [0.25, 0.3) is 0 Å². The minimum Gasteiger partial charge on any atom is -0.354 e. The zero-order valence-electron chi connectivity index (χ0n) is 22.4. The molecule has 1 fully saturated rings. The molecule has 2 heterocycles. The molecule has 1 saturated heterocycles. The molecule has 0 saturated carbocycles. The van der Waals surface area contributed by atoms with E-state index in [1.165, 1.54) is 101 Å². The fourth-order valence-corrected chi connectivity index (χ4v) is 5.41. The maximum atomic E-state index is 12.4. The van der Waals surface area contributed by atoms with Crippen LogP contribution in [0.4, 0.5) is 5.82 Å². The summed E-state index contributed by atoms with van der Waals surface area (Å²) in [5.74, 6) is 0.988. The highest BCUT2D eigenvalue weighted by atomic mass is 127. The van der Waals surface area contributed by atoms with E-state index in [0.29, 0.717) is 5.56 Å². The maximum absolute atomic E-state index is 12.4. The summed E-state index contributed by atoms with van der Waals surface area (Å²) < 4.78 is 1.32. The number of alkyl halides is 1. The van der Waals surface area contributed by atoms with Gasteiger partial charge in [0.25, 0.3) is 5.91 Å². The monoisotopic (exact) mass is 598 g/mol. The van der Waals surface area contributed by atoms with Crippen LogP contribution in [0, 0.1) is 0 Å². The number of hydrogen-bond acceptors (Lipinski definition) is 4. The van der Waals surface area contributed by atoms with E-state index >= 15 is 0 Å². The molecule has 0 radical (unpaired) electrons. The van der Waals surface area contributed by atoms with Crippen LogP contribution in [0.1, 0.15) is 114 Å². The Bertz CT molecular complexity index is 647. The van der Waals surface area contributed by atoms with Crippen LogP contribution in [0.15, 0.2) is 18.3 Å². The van der Waals surface area contributed by atoms with Crippen LogP contribution in [0.3, 0.4) is 0 Å². The number of carbonyl (C=O) groups is 1. The van der Waals surface area contributed by atoms with Crippen LogP contribution in [0.5, 0.6) is 0 Å². The Labute approximate surface area is 229 Å². The number of hydrogen-bond donors (Lipinski definition) is 1. The fourth-order valence-electron chi connectivity index (χ4n) is 4.87. The molecular weight excluding hydrogens is 547 g/mol. The van der Waals surface area contributed by atoms with Gasteiger partial charge in [-0.05, 0) is 42.4 Å². The van der Waals surface area contributed by atoms with Crippen molar-refractivity contribution in [3.63, 3.8) is 0 Å². The Balaban J connectivity index is 1.42. The lowest BCUT2D eigenvalue weighted by molar-refractivity contribution is 0.0952. The van der Waals surface area contributed by atoms with Crippen LogP contribution >= 0.6 is 22.6 Å². The van der Waals surface area contributed by atoms with Crippen molar-refractivity contribution in [2.24, 2.45) is 0 Å². The van der Waals surface area contributed by atoms with Gasteiger partial charge in [0.2, 0.25) is 0 Å². The summed E-state index contributed by atoms with van der Waals surface area (Å²) in [5, 5.41) is 3.06. The highest BCUT2D eigenvalue weighted by Crippen LogP contribution is 2.15. The van der Waals surface area contributed by atoms with Crippen molar-refractivity contribution in [1.82, 2.24) is 15.2 Å². The van der Waals surface area contributed by atoms with E-state index in [9.17, 15) is 4.79 Å². The SMILES string of the molecule is CCCN1CCN(c2ccc(C(=O)NCCCCCCCCCCCCCCCCI)cn2)CC1. The molecule has 0 aromatic carbocycles. The summed E-state index contributed by atoms with van der Waals surface area (Å²) in [7, 11) is 0. The smallest absolute Gasteiger partial charge is 0.252 e. The van der Waals surface area contributed by atoms with E-state index < -0.39 is 0 Å². The van der Waals surface area contributed by atoms with Crippen molar-refractivity contribution < 1.29 is 4.79 Å². The van der Waals surface area contributed by atoms with Crippen molar-refractivity contribution in [3.05, 3.63) is 23.9 Å². The number of rotatable bonds is 20. The first kappa shape index (κ1) is 30.3. The maximum Gasteiger partial charge on any atom is 0.252 e. The summed E-state index contributed by atoms with van der Waals surface area (Å²) in [5.41, 5.74) is 0.666. The number of pyridine rings is 1. The van der Waals surface area contributed by atoms with Gasteiger partial charge in [0.05, 0.1) is 5.56 Å². The molecule has 1 amide bonds. The Morgan fingerprint density at radius 1 is 0.829 bits per heavy atom. The van der Waals surface area contributed by atoms with E-state index in [1.807, 2.05) is 12.1 Å². The van der Waals surface area contributed by atoms with Crippen LogP contribution < -0.4 is 10.2 Å². The molecule has 6 heteroatoms. The Kier molecular flexibility index (Phi) is 17.5. The van der Waals surface area contributed by atoms with Crippen LogP contribution in [-0.4, -0.2) is 59.5 Å². The predicted molar refractivity (Wildman–Crippen MR) is 159 cm³/mol. The van der Waals surface area contributed by atoms with Gasteiger partial charge >= 0.3 is 0 Å². The third kappa shape index (κ3) is 13.8. The molecule has 1 aliphatic rings. The molecule has 1 aromatic heterocycles. The standard InChI is InChI=1S/C29H51IN4O/c1-2-21-33-22-24-34(25-23-33)28-18-17-27(26-32-28)29(35)31-20-16-14-12-10-8-6-4-3-5-7-9-11-13-15-19-30/h17-18,26H,2-16,19-25H2,1H3,(H,31,35). The molecule has 2 rings (SSSR count). The van der Waals surface area contributed by atoms with E-state index in [2.05, 4.69) is 49.6 Å². The van der Waals surface area contributed by atoms with Crippen LogP contribution in [-0.2, 0) is 0 Å². The zero-order valence-corrected chi connectivity index (χ0v) is 24.6. The van der Waals surface area contributed by atoms with Gasteiger partial charge in [0.1, 0.15) is 5.82 Å².